The molecule has 3 heterocycles. The first-order chi connectivity index (χ1) is 24.2. The summed E-state index contributed by atoms with van der Waals surface area (Å²) in [5.74, 6) is -1.99. The summed E-state index contributed by atoms with van der Waals surface area (Å²) in [4.78, 5) is 65.4. The molecule has 274 valence electrons. The Kier molecular flexibility index (Phi) is 11.9. The molecule has 1 aliphatic carbocycles. The highest BCUT2D eigenvalue weighted by Crippen LogP contribution is 2.27. The van der Waals surface area contributed by atoms with Crippen LogP contribution in [0.5, 0.6) is 0 Å². The second-order valence-electron chi connectivity index (χ2n) is 14.0. The number of Topliss-reactive ketones (excluding diaryl/α,β-unsaturated/α-hetero) is 1. The summed E-state index contributed by atoms with van der Waals surface area (Å²) in [7, 11) is -4.17. The smallest absolute Gasteiger partial charge is 0.289 e. The summed E-state index contributed by atoms with van der Waals surface area (Å²) in [5, 5.41) is 5.80. The predicted molar refractivity (Wildman–Crippen MR) is 189 cm³/mol. The number of nitrogens with zero attached hydrogens (tertiary/aromatic N) is 4. The Bertz CT molecular complexity index is 1810. The molecule has 3 aromatic rings. The zero-order chi connectivity index (χ0) is 36.9. The molecule has 3 N–H and O–H groups in total. The van der Waals surface area contributed by atoms with Gasteiger partial charge >= 0.3 is 0 Å². The molecular formula is C35H44ClN7O7S. The van der Waals surface area contributed by atoms with Gasteiger partial charge in [-0.15, -0.1) is 0 Å². The number of rotatable bonds is 14. The van der Waals surface area contributed by atoms with E-state index in [1.54, 1.807) is 51.2 Å². The number of hydrogen-bond acceptors (Lipinski definition) is 10. The average Bonchev–Trinajstić information content (AvgIpc) is 3.74. The molecule has 0 radical (unpaired) electrons. The van der Waals surface area contributed by atoms with E-state index < -0.39 is 57.1 Å². The molecule has 2 aromatic heterocycles. The van der Waals surface area contributed by atoms with E-state index >= 15 is 0 Å². The molecule has 1 aliphatic heterocycles. The van der Waals surface area contributed by atoms with Crippen LogP contribution in [0.1, 0.15) is 58.9 Å². The van der Waals surface area contributed by atoms with Crippen LogP contribution in [0.15, 0.2) is 64.5 Å². The second kappa shape index (κ2) is 16.0. The molecule has 1 aromatic carbocycles. The summed E-state index contributed by atoms with van der Waals surface area (Å²) < 4.78 is 35.2. The lowest BCUT2D eigenvalue weighted by molar-refractivity contribution is -0.143. The molecule has 1 saturated heterocycles. The number of pyridine rings is 1. The van der Waals surface area contributed by atoms with Crippen LogP contribution in [-0.4, -0.2) is 95.5 Å². The molecule has 1 saturated carbocycles. The molecule has 51 heavy (non-hydrogen) atoms. The quantitative estimate of drug-likeness (QED) is 0.164. The number of amides is 3. The number of oxazole rings is 1. The maximum absolute atomic E-state index is 14.3. The number of piperazine rings is 1. The van der Waals surface area contributed by atoms with E-state index in [9.17, 15) is 27.6 Å². The lowest BCUT2D eigenvalue weighted by Crippen LogP contribution is -2.64. The van der Waals surface area contributed by atoms with Gasteiger partial charge in [-0.2, -0.15) is 4.72 Å². The molecule has 14 nitrogen and oxygen atoms in total. The molecule has 0 spiro atoms. The average molecular weight is 742 g/mol. The zero-order valence-electron chi connectivity index (χ0n) is 29.1. The molecule has 0 bridgehead atoms. The lowest BCUT2D eigenvalue weighted by atomic mass is 9.86. The van der Waals surface area contributed by atoms with Gasteiger partial charge in [0.1, 0.15) is 17.2 Å². The van der Waals surface area contributed by atoms with Crippen molar-refractivity contribution < 1.29 is 32.0 Å². The first kappa shape index (κ1) is 38.1. The van der Waals surface area contributed by atoms with Gasteiger partial charge in [0.05, 0.1) is 17.1 Å². The van der Waals surface area contributed by atoms with Gasteiger partial charge in [-0.05, 0) is 60.6 Å². The minimum atomic E-state index is -4.17. The van der Waals surface area contributed by atoms with Gasteiger partial charge in [0, 0.05) is 44.0 Å². The lowest BCUT2D eigenvalue weighted by Gasteiger charge is -2.43. The third-order valence-electron chi connectivity index (χ3n) is 8.89. The highest BCUT2D eigenvalue weighted by atomic mass is 35.5. The zero-order valence-corrected chi connectivity index (χ0v) is 30.7. The van der Waals surface area contributed by atoms with Crippen molar-refractivity contribution in [2.75, 3.05) is 19.6 Å². The van der Waals surface area contributed by atoms with E-state index in [0.29, 0.717) is 22.9 Å². The van der Waals surface area contributed by atoms with Crippen molar-refractivity contribution in [3.05, 3.63) is 65.9 Å². The number of sulfonamides is 1. The van der Waals surface area contributed by atoms with Crippen molar-refractivity contribution in [1.29, 1.82) is 0 Å². The second-order valence-corrected chi connectivity index (χ2v) is 16.1. The number of aromatic nitrogens is 2. The van der Waals surface area contributed by atoms with Crippen LogP contribution in [-0.2, 0) is 35.7 Å². The number of halogens is 1. The Labute approximate surface area is 302 Å². The van der Waals surface area contributed by atoms with E-state index in [1.807, 2.05) is 11.8 Å². The number of ketones is 1. The Morgan fingerprint density at radius 3 is 2.35 bits per heavy atom. The Balaban J connectivity index is 1.36. The number of benzene rings is 1. The van der Waals surface area contributed by atoms with Gasteiger partial charge in [-0.25, -0.2) is 18.4 Å². The van der Waals surface area contributed by atoms with Gasteiger partial charge in [0.25, 0.3) is 5.91 Å². The SMILES string of the molecule is CCC[C@H](NC(=O)[C@H]1CN(C(=O)[C@@H](NS(=O)(=O)c2ccc(-c3cnco3)cc2)C(C)(C)C)CCN1Cc1ccc(Cl)nc1)C(=O)C(=O)NC1CC1. The van der Waals surface area contributed by atoms with Gasteiger partial charge in [0.15, 0.2) is 12.2 Å². The number of nitrogens with one attached hydrogen (secondary N) is 3. The highest BCUT2D eigenvalue weighted by molar-refractivity contribution is 7.89. The minimum absolute atomic E-state index is 0.0207. The summed E-state index contributed by atoms with van der Waals surface area (Å²) in [6, 6.07) is 6.27. The summed E-state index contributed by atoms with van der Waals surface area (Å²) in [6.45, 7) is 7.78. The van der Waals surface area contributed by atoms with Crippen LogP contribution in [0.3, 0.4) is 0 Å². The van der Waals surface area contributed by atoms with E-state index in [0.717, 1.165) is 18.4 Å². The molecular weight excluding hydrogens is 698 g/mol. The first-order valence-corrected chi connectivity index (χ1v) is 18.8. The Hall–Kier alpha value is -4.18. The highest BCUT2D eigenvalue weighted by Gasteiger charge is 2.42. The van der Waals surface area contributed by atoms with Crippen molar-refractivity contribution in [1.82, 2.24) is 35.1 Å². The van der Waals surface area contributed by atoms with Crippen molar-refractivity contribution in [3.63, 3.8) is 0 Å². The normalized spacial score (nSPS) is 18.1. The monoisotopic (exact) mass is 741 g/mol. The topological polar surface area (TPSA) is 184 Å². The number of carbonyl (C=O) groups excluding carboxylic acids is 4. The van der Waals surface area contributed by atoms with E-state index in [4.69, 9.17) is 16.0 Å². The van der Waals surface area contributed by atoms with E-state index in [2.05, 4.69) is 25.3 Å². The van der Waals surface area contributed by atoms with Crippen LogP contribution in [0.4, 0.5) is 0 Å². The van der Waals surface area contributed by atoms with E-state index in [-0.39, 0.29) is 43.5 Å². The fourth-order valence-electron chi connectivity index (χ4n) is 5.82. The minimum Gasteiger partial charge on any atom is -0.444 e. The molecule has 0 unspecified atom stereocenters. The van der Waals surface area contributed by atoms with Crippen LogP contribution >= 0.6 is 11.6 Å². The standard InChI is InChI=1S/C35H44ClN7O7S/c1-5-6-26(30(44)33(46)39-24-10-11-24)40-32(45)27-20-43(16-15-42(27)19-22-7-14-29(36)38-17-22)34(47)31(35(2,3)4)41-51(48,49)25-12-8-23(9-13-25)28-18-37-21-50-28/h7-9,12-14,17-18,21,24,26-27,31,41H,5-6,10-11,15-16,19-20H2,1-4H3,(H,39,46)(H,40,45)/t26-,27+,31+/m0/s1. The maximum atomic E-state index is 14.3. The van der Waals surface area contributed by atoms with Gasteiger partial charge in [0.2, 0.25) is 27.6 Å². The largest absolute Gasteiger partial charge is 0.444 e. The van der Waals surface area contributed by atoms with Crippen LogP contribution < -0.4 is 15.4 Å². The third kappa shape index (κ3) is 9.79. The molecule has 3 amide bonds. The van der Waals surface area contributed by atoms with Crippen LogP contribution in [0.25, 0.3) is 11.3 Å². The fourth-order valence-corrected chi connectivity index (χ4v) is 7.33. The van der Waals surface area contributed by atoms with Crippen molar-refractivity contribution in [3.8, 4) is 11.3 Å². The van der Waals surface area contributed by atoms with Crippen molar-refractivity contribution >= 4 is 45.1 Å². The number of carbonyl (C=O) groups is 4. The summed E-state index contributed by atoms with van der Waals surface area (Å²) in [6.07, 6.45) is 6.82. The van der Waals surface area contributed by atoms with Gasteiger partial charge in [-0.3, -0.25) is 24.1 Å². The molecule has 2 aliphatic rings. The van der Waals surface area contributed by atoms with Gasteiger partial charge in [-0.1, -0.05) is 51.8 Å². The summed E-state index contributed by atoms with van der Waals surface area (Å²) >= 11 is 5.99. The summed E-state index contributed by atoms with van der Waals surface area (Å²) in [5.41, 5.74) is 0.552. The van der Waals surface area contributed by atoms with Crippen molar-refractivity contribution in [2.24, 2.45) is 5.41 Å². The predicted octanol–water partition coefficient (Wildman–Crippen LogP) is 2.93. The van der Waals surface area contributed by atoms with E-state index in [1.165, 1.54) is 29.6 Å². The number of hydrogen-bond donors (Lipinski definition) is 3. The Morgan fingerprint density at radius 2 is 1.76 bits per heavy atom. The third-order valence-corrected chi connectivity index (χ3v) is 10.6. The fraction of sp³-hybridized carbons (Fsp3) is 0.486. The first-order valence-electron chi connectivity index (χ1n) is 17.0. The Morgan fingerprint density at radius 1 is 1.04 bits per heavy atom. The van der Waals surface area contributed by atoms with Crippen LogP contribution in [0.2, 0.25) is 5.15 Å². The van der Waals surface area contributed by atoms with Crippen LogP contribution in [0, 0.1) is 5.41 Å². The maximum Gasteiger partial charge on any atom is 0.289 e. The van der Waals surface area contributed by atoms with Crippen molar-refractivity contribution in [2.45, 2.75) is 89.0 Å². The molecule has 3 atom stereocenters. The molecule has 5 rings (SSSR count). The molecule has 16 heteroatoms. The van der Waals surface area contributed by atoms with Gasteiger partial charge < -0.3 is 20.0 Å². The molecule has 2 fully saturated rings.